The fourth-order valence-electron chi connectivity index (χ4n) is 9.43. The zero-order valence-corrected chi connectivity index (χ0v) is 48.7. The number of rotatable bonds is 12. The minimum absolute atomic E-state index is 0.00183. The number of imidazole rings is 2. The topological polar surface area (TPSA) is 252 Å². The highest BCUT2D eigenvalue weighted by Gasteiger charge is 2.37. The Labute approximate surface area is 484 Å². The third kappa shape index (κ3) is 12.7. The molecule has 7 aromatic heterocycles. The summed E-state index contributed by atoms with van der Waals surface area (Å²) < 4.78 is 11.7. The predicted molar refractivity (Wildman–Crippen MR) is 322 cm³/mol. The first-order valence-corrected chi connectivity index (χ1v) is 28.1. The van der Waals surface area contributed by atoms with Crippen molar-refractivity contribution in [3.8, 4) is 0 Å². The molecular formula is C59H63N15O7S2+2. The van der Waals surface area contributed by atoms with Crippen molar-refractivity contribution in [1.29, 1.82) is 0 Å². The molecule has 83 heavy (non-hydrogen) atoms. The van der Waals surface area contributed by atoms with Gasteiger partial charge >= 0.3 is 11.4 Å². The van der Waals surface area contributed by atoms with E-state index in [1.54, 1.807) is 89.5 Å². The number of benzene rings is 3. The first-order valence-electron chi connectivity index (χ1n) is 26.7. The van der Waals surface area contributed by atoms with Crippen molar-refractivity contribution in [1.82, 2.24) is 47.8 Å². The molecule has 8 heterocycles. The van der Waals surface area contributed by atoms with E-state index in [9.17, 15) is 33.6 Å². The molecule has 0 fully saturated rings. The zero-order chi connectivity index (χ0) is 59.2. The Hall–Kier alpha value is -9.55. The van der Waals surface area contributed by atoms with Crippen molar-refractivity contribution in [2.24, 2.45) is 28.2 Å². The smallest absolute Gasteiger partial charge is 0.332 e. The molecule has 10 aromatic rings. The Kier molecular flexibility index (Phi) is 17.6. The lowest BCUT2D eigenvalue weighted by Gasteiger charge is -2.38. The molecule has 11 rings (SSSR count). The van der Waals surface area contributed by atoms with E-state index in [1.165, 1.54) is 24.2 Å². The van der Waals surface area contributed by atoms with Crippen LogP contribution >= 0.6 is 24.0 Å². The van der Waals surface area contributed by atoms with Gasteiger partial charge in [0.2, 0.25) is 5.95 Å². The molecular weight excluding hydrogens is 1090 g/mol. The summed E-state index contributed by atoms with van der Waals surface area (Å²) in [7, 11) is 6.90. The minimum Gasteiger partial charge on any atom is -0.364 e. The van der Waals surface area contributed by atoms with E-state index < -0.39 is 22.7 Å². The van der Waals surface area contributed by atoms with Gasteiger partial charge in [-0.3, -0.25) is 57.9 Å². The molecule has 0 radical (unpaired) electrons. The number of thioether (sulfide) groups is 1. The number of H-pyrrole nitrogens is 3. The van der Waals surface area contributed by atoms with Gasteiger partial charge in [0.05, 0.1) is 25.7 Å². The third-order valence-electron chi connectivity index (χ3n) is 14.0. The van der Waals surface area contributed by atoms with Gasteiger partial charge in [-0.05, 0) is 68.2 Å². The number of aromatic nitrogens is 12. The van der Waals surface area contributed by atoms with Crippen LogP contribution in [0.3, 0.4) is 0 Å². The fraction of sp³-hybridized carbons (Fsp3) is 0.254. The number of fused-ring (bicyclic) bond motifs is 3. The number of anilines is 3. The molecule has 1 aliphatic heterocycles. The number of hydrogen-bond acceptors (Lipinski definition) is 12. The first kappa shape index (κ1) is 58.1. The highest BCUT2D eigenvalue weighted by molar-refractivity contribution is 7.99. The van der Waals surface area contributed by atoms with Crippen molar-refractivity contribution >= 4 is 75.6 Å². The average Bonchev–Trinajstić information content (AvgIpc) is 4.19. The number of pyridine rings is 2. The van der Waals surface area contributed by atoms with Gasteiger partial charge in [0.1, 0.15) is 30.9 Å². The van der Waals surface area contributed by atoms with Crippen molar-refractivity contribution in [2.75, 3.05) is 21.3 Å². The van der Waals surface area contributed by atoms with Crippen molar-refractivity contribution in [3.63, 3.8) is 0 Å². The summed E-state index contributed by atoms with van der Waals surface area (Å²) in [6.07, 6.45) is 7.99. The second-order valence-electron chi connectivity index (χ2n) is 20.2. The first-order chi connectivity index (χ1) is 39.8. The molecule has 426 valence electrons. The van der Waals surface area contributed by atoms with Gasteiger partial charge in [-0.1, -0.05) is 109 Å². The van der Waals surface area contributed by atoms with Gasteiger partial charge in [0.15, 0.2) is 62.9 Å². The number of carbonyl (C=O) groups is 2. The lowest BCUT2D eigenvalue weighted by atomic mass is 10.0. The third-order valence-corrected chi connectivity index (χ3v) is 15.5. The predicted octanol–water partition coefficient (Wildman–Crippen LogP) is 5.46. The van der Waals surface area contributed by atoms with Gasteiger partial charge in [-0.15, -0.1) is 0 Å². The Morgan fingerprint density at radius 3 is 1.90 bits per heavy atom. The summed E-state index contributed by atoms with van der Waals surface area (Å²) in [4.78, 5) is 107. The van der Waals surface area contributed by atoms with E-state index >= 15 is 0 Å². The number of hydrogen-bond donors (Lipinski definition) is 5. The van der Waals surface area contributed by atoms with E-state index in [1.807, 2.05) is 124 Å². The highest BCUT2D eigenvalue weighted by Crippen LogP contribution is 2.31. The maximum Gasteiger partial charge on any atom is 0.332 e. The molecule has 5 N–H and O–H groups in total. The summed E-state index contributed by atoms with van der Waals surface area (Å²) in [5.41, 5.74) is 4.81. The lowest BCUT2D eigenvalue weighted by molar-refractivity contribution is -0.671. The number of nitrogens with zero attached hydrogens (tertiary/aromatic N) is 10. The Bertz CT molecular complexity index is 4430. The molecule has 3 aromatic carbocycles. The minimum atomic E-state index is -0.524. The molecule has 2 unspecified atom stereocenters. The molecule has 0 spiro atoms. The van der Waals surface area contributed by atoms with Crippen LogP contribution in [-0.4, -0.2) is 77.4 Å². The van der Waals surface area contributed by atoms with Gasteiger partial charge < -0.3 is 19.4 Å². The maximum absolute atomic E-state index is 13.5. The molecule has 2 amide bonds. The number of nitrogens with one attached hydrogen (secondary N) is 5. The molecule has 0 aliphatic carbocycles. The van der Waals surface area contributed by atoms with Crippen LogP contribution in [0.1, 0.15) is 70.2 Å². The monoisotopic (exact) mass is 1160 g/mol. The van der Waals surface area contributed by atoms with Gasteiger partial charge in [0.25, 0.3) is 28.5 Å². The SMILES string of the molecule is CC1Nc2nc(NC(=O)c3ccc[n+](C)c3)[nH]c(=O)c2N(C(=O)c2ccc[n+](C)c2)C1C.CCCSc1nc2c(c(=O)n(Cc3ccccc3)c(=O)n2C)n1Cc1ccccc1.Cc1ccc(Cn2c(=S)[nH]c3c2c(=O)[nH]c(=O)n3C)cc1. The fourth-order valence-corrected chi connectivity index (χ4v) is 10.5. The standard InChI is InChI=1S/C23H24N4O2S.C22H23N7O3.C14H14N4O2S/c1-3-14-30-22-24-20-19(26(22)15-17-10-6-4-7-11-17)21(28)27(23(29)25(20)2)16-18-12-8-5-9-13-18;1-13-14(2)29(21(32)16-8-6-10-28(4)12-16)17-18(23-13)24-22(26-20(17)31)25-19(30)15-7-5-9-27(3)11-15;1-8-3-5-9(6-4-8)7-18-10-11(15-14(18)21)17(2)13(20)16-12(10)19/h4-13H,3,14-16H2,1-2H3;5-14H,1-4H3,(H-2,23,24,25,26,30,31);3-6H,7H2,1-2H3,(H,15,21)(H,16,19,20)/p+2. The van der Waals surface area contributed by atoms with E-state index in [0.717, 1.165) is 34.0 Å². The number of carbonyl (C=O) groups excluding carboxylic acids is 2. The summed E-state index contributed by atoms with van der Waals surface area (Å²) in [5.74, 6) is 0.417. The molecule has 0 saturated carbocycles. The second kappa shape index (κ2) is 25.1. The van der Waals surface area contributed by atoms with Gasteiger partial charge in [0, 0.05) is 38.0 Å². The Balaban J connectivity index is 0.000000153. The number of aromatic amines is 3. The van der Waals surface area contributed by atoms with Gasteiger partial charge in [-0.2, -0.15) is 4.98 Å². The second-order valence-corrected chi connectivity index (χ2v) is 21.6. The summed E-state index contributed by atoms with van der Waals surface area (Å²) in [6, 6.07) is 34.0. The van der Waals surface area contributed by atoms with E-state index in [-0.39, 0.29) is 53.2 Å². The van der Waals surface area contributed by atoms with Gasteiger partial charge in [-0.25, -0.2) is 23.7 Å². The van der Waals surface area contributed by atoms with E-state index in [4.69, 9.17) is 17.2 Å². The molecule has 0 saturated heterocycles. The van der Waals surface area contributed by atoms with Crippen LogP contribution in [0, 0.1) is 11.7 Å². The largest absolute Gasteiger partial charge is 0.364 e. The van der Waals surface area contributed by atoms with Crippen LogP contribution in [0.4, 0.5) is 17.5 Å². The number of amides is 2. The van der Waals surface area contributed by atoms with Crippen LogP contribution in [0.25, 0.3) is 22.3 Å². The van der Waals surface area contributed by atoms with Crippen LogP contribution in [0.2, 0.25) is 0 Å². The zero-order valence-electron chi connectivity index (χ0n) is 47.0. The van der Waals surface area contributed by atoms with Crippen molar-refractivity contribution in [3.05, 3.63) is 224 Å². The molecule has 24 heteroatoms. The van der Waals surface area contributed by atoms with Crippen molar-refractivity contribution in [2.45, 2.75) is 71.0 Å². The molecule has 1 aliphatic rings. The Morgan fingerprint density at radius 2 is 1.28 bits per heavy atom. The van der Waals surface area contributed by atoms with Crippen LogP contribution in [0.15, 0.2) is 163 Å². The molecule has 0 bridgehead atoms. The van der Waals surface area contributed by atoms with E-state index in [0.29, 0.717) is 51.3 Å². The van der Waals surface area contributed by atoms with Crippen LogP contribution in [-0.2, 0) is 47.8 Å². The average molecular weight is 1160 g/mol. The van der Waals surface area contributed by atoms with Crippen molar-refractivity contribution < 1.29 is 18.7 Å². The molecule has 2 atom stereocenters. The summed E-state index contributed by atoms with van der Waals surface area (Å²) >= 11 is 6.89. The Morgan fingerprint density at radius 1 is 0.687 bits per heavy atom. The summed E-state index contributed by atoms with van der Waals surface area (Å²) in [5, 5.41) is 6.56. The highest BCUT2D eigenvalue weighted by atomic mass is 32.2. The summed E-state index contributed by atoms with van der Waals surface area (Å²) in [6.45, 7) is 9.14. The maximum atomic E-state index is 13.5. The normalized spacial score (nSPS) is 13.6. The quantitative estimate of drug-likeness (QED) is 0.0581. The lowest BCUT2D eigenvalue weighted by Crippen LogP contribution is -2.53. The molecule has 22 nitrogen and oxygen atoms in total. The number of aryl methyl sites for hydroxylation is 5. The van der Waals surface area contributed by atoms with E-state index in [2.05, 4.69) is 37.5 Å². The van der Waals surface area contributed by atoms with Crippen LogP contribution < -0.4 is 52.7 Å². The van der Waals surface area contributed by atoms with Crippen LogP contribution in [0.5, 0.6) is 0 Å².